The molecule has 0 heteroatoms. The van der Waals surface area contributed by atoms with Crippen molar-refractivity contribution in [1.82, 2.24) is 0 Å². The van der Waals surface area contributed by atoms with Crippen LogP contribution in [0.4, 0.5) is 0 Å². The van der Waals surface area contributed by atoms with Crippen molar-refractivity contribution in [2.45, 2.75) is 18.3 Å². The molecule has 0 aliphatic heterocycles. The summed E-state index contributed by atoms with van der Waals surface area (Å²) in [4.78, 5) is 0. The van der Waals surface area contributed by atoms with Crippen molar-refractivity contribution in [1.29, 1.82) is 0 Å². The van der Waals surface area contributed by atoms with E-state index in [0.717, 1.165) is 12.8 Å². The molecule has 0 bridgehead atoms. The SMILES string of the molecule is c1ccc2c(c1)Cc1ccccc1C21c2ccccc2Cc2c1ccc1ccccc21. The first-order chi connectivity index (χ1) is 15.4. The zero-order valence-corrected chi connectivity index (χ0v) is 17.3. The summed E-state index contributed by atoms with van der Waals surface area (Å²) in [5.74, 6) is 0. The fraction of sp³-hybridized carbons (Fsp3) is 0.0968. The summed E-state index contributed by atoms with van der Waals surface area (Å²) < 4.78 is 0. The molecule has 2 aliphatic carbocycles. The lowest BCUT2D eigenvalue weighted by Gasteiger charge is -2.46. The molecule has 0 saturated carbocycles. The minimum atomic E-state index is -0.264. The van der Waals surface area contributed by atoms with Crippen LogP contribution in [0.2, 0.25) is 0 Å². The predicted molar refractivity (Wildman–Crippen MR) is 128 cm³/mol. The maximum atomic E-state index is 2.41. The van der Waals surface area contributed by atoms with Crippen molar-refractivity contribution in [3.63, 3.8) is 0 Å². The van der Waals surface area contributed by atoms with Gasteiger partial charge >= 0.3 is 0 Å². The van der Waals surface area contributed by atoms with Gasteiger partial charge in [0.05, 0.1) is 5.41 Å². The molecule has 0 aromatic heterocycles. The lowest BCUT2D eigenvalue weighted by Crippen LogP contribution is -2.40. The molecule has 5 aromatic rings. The molecule has 146 valence electrons. The van der Waals surface area contributed by atoms with E-state index in [4.69, 9.17) is 0 Å². The maximum Gasteiger partial charge on any atom is 0.0712 e. The van der Waals surface area contributed by atoms with Crippen LogP contribution in [0.3, 0.4) is 0 Å². The summed E-state index contributed by atoms with van der Waals surface area (Å²) in [6, 6.07) is 40.9. The second-order valence-electron chi connectivity index (χ2n) is 8.89. The average Bonchev–Trinajstić information content (AvgIpc) is 2.84. The Morgan fingerprint density at radius 2 is 0.935 bits per heavy atom. The van der Waals surface area contributed by atoms with Crippen LogP contribution in [0, 0.1) is 0 Å². The van der Waals surface area contributed by atoms with Crippen LogP contribution >= 0.6 is 0 Å². The van der Waals surface area contributed by atoms with E-state index in [1.807, 2.05) is 0 Å². The minimum absolute atomic E-state index is 0.264. The third-order valence-electron chi connectivity index (χ3n) is 7.46. The van der Waals surface area contributed by atoms with Crippen molar-refractivity contribution in [2.75, 3.05) is 0 Å². The number of hydrogen-bond acceptors (Lipinski definition) is 0. The number of fused-ring (bicyclic) bond motifs is 10. The van der Waals surface area contributed by atoms with Gasteiger partial charge in [-0.2, -0.15) is 0 Å². The smallest absolute Gasteiger partial charge is 0.0620 e. The van der Waals surface area contributed by atoms with Gasteiger partial charge in [-0.05, 0) is 68.1 Å². The highest BCUT2D eigenvalue weighted by molar-refractivity contribution is 5.90. The van der Waals surface area contributed by atoms with Gasteiger partial charge < -0.3 is 0 Å². The Morgan fingerprint density at radius 3 is 1.58 bits per heavy atom. The molecule has 0 N–H and O–H groups in total. The lowest BCUT2D eigenvalue weighted by molar-refractivity contribution is 0.672. The van der Waals surface area contributed by atoms with E-state index in [1.54, 1.807) is 0 Å². The van der Waals surface area contributed by atoms with E-state index >= 15 is 0 Å². The molecule has 0 amide bonds. The maximum absolute atomic E-state index is 2.41. The van der Waals surface area contributed by atoms with Gasteiger partial charge in [0.2, 0.25) is 0 Å². The van der Waals surface area contributed by atoms with Crippen LogP contribution in [0.15, 0.2) is 109 Å². The molecular weight excluding hydrogens is 372 g/mol. The van der Waals surface area contributed by atoms with Crippen LogP contribution in [-0.2, 0) is 18.3 Å². The monoisotopic (exact) mass is 394 g/mol. The fourth-order valence-corrected chi connectivity index (χ4v) is 6.26. The second kappa shape index (κ2) is 6.18. The molecule has 1 spiro atoms. The van der Waals surface area contributed by atoms with Crippen molar-refractivity contribution < 1.29 is 0 Å². The highest BCUT2D eigenvalue weighted by Crippen LogP contribution is 2.55. The first kappa shape index (κ1) is 17.1. The summed E-state index contributed by atoms with van der Waals surface area (Å²) >= 11 is 0. The molecule has 0 heterocycles. The van der Waals surface area contributed by atoms with Crippen molar-refractivity contribution >= 4 is 10.8 Å². The van der Waals surface area contributed by atoms with Crippen LogP contribution in [-0.4, -0.2) is 0 Å². The van der Waals surface area contributed by atoms with Gasteiger partial charge in [0.15, 0.2) is 0 Å². The van der Waals surface area contributed by atoms with Crippen molar-refractivity contribution in [2.24, 2.45) is 0 Å². The Morgan fingerprint density at radius 1 is 0.419 bits per heavy atom. The highest BCUT2D eigenvalue weighted by atomic mass is 14.5. The quantitative estimate of drug-likeness (QED) is 0.259. The van der Waals surface area contributed by atoms with Crippen LogP contribution in [0.5, 0.6) is 0 Å². The van der Waals surface area contributed by atoms with Crippen molar-refractivity contribution in [3.05, 3.63) is 154 Å². The Kier molecular flexibility index (Phi) is 3.41. The molecule has 0 saturated heterocycles. The molecule has 0 nitrogen and oxygen atoms in total. The average molecular weight is 395 g/mol. The van der Waals surface area contributed by atoms with Gasteiger partial charge in [-0.25, -0.2) is 0 Å². The van der Waals surface area contributed by atoms with Gasteiger partial charge in [0, 0.05) is 0 Å². The standard InChI is InChI=1S/C31H22/c1-5-13-25-21(9-1)17-18-30-26(25)20-24-12-4-8-16-29(24)31(30)27-14-6-2-10-22(27)19-23-11-3-7-15-28(23)31/h1-18H,19-20H2. The summed E-state index contributed by atoms with van der Waals surface area (Å²) in [5, 5.41) is 2.71. The molecule has 2 aliphatic rings. The summed E-state index contributed by atoms with van der Waals surface area (Å²) in [5.41, 5.74) is 11.3. The lowest BCUT2D eigenvalue weighted by atomic mass is 9.55. The largest absolute Gasteiger partial charge is 0.0712 e. The summed E-state index contributed by atoms with van der Waals surface area (Å²) in [6.07, 6.45) is 1.98. The number of hydrogen-bond donors (Lipinski definition) is 0. The van der Waals surface area contributed by atoms with E-state index in [1.165, 1.54) is 55.3 Å². The molecule has 0 fully saturated rings. The van der Waals surface area contributed by atoms with Crippen molar-refractivity contribution in [3.8, 4) is 0 Å². The van der Waals surface area contributed by atoms with E-state index < -0.39 is 0 Å². The van der Waals surface area contributed by atoms with Gasteiger partial charge in [0.1, 0.15) is 0 Å². The van der Waals surface area contributed by atoms with E-state index in [2.05, 4.69) is 109 Å². The zero-order chi connectivity index (χ0) is 20.4. The van der Waals surface area contributed by atoms with Crippen LogP contribution in [0.25, 0.3) is 10.8 Å². The molecule has 0 unspecified atom stereocenters. The van der Waals surface area contributed by atoms with E-state index in [-0.39, 0.29) is 5.41 Å². The minimum Gasteiger partial charge on any atom is -0.0620 e. The number of rotatable bonds is 0. The second-order valence-corrected chi connectivity index (χ2v) is 8.89. The Hall–Kier alpha value is -3.64. The van der Waals surface area contributed by atoms with E-state index in [0.29, 0.717) is 0 Å². The Bertz CT molecular complexity index is 1420. The fourth-order valence-electron chi connectivity index (χ4n) is 6.26. The van der Waals surface area contributed by atoms with Gasteiger partial charge in [-0.3, -0.25) is 0 Å². The summed E-state index contributed by atoms with van der Waals surface area (Å²) in [7, 11) is 0. The van der Waals surface area contributed by atoms with Gasteiger partial charge in [0.25, 0.3) is 0 Å². The topological polar surface area (TPSA) is 0 Å². The molecule has 7 rings (SSSR count). The van der Waals surface area contributed by atoms with Gasteiger partial charge in [-0.1, -0.05) is 109 Å². The summed E-state index contributed by atoms with van der Waals surface area (Å²) in [6.45, 7) is 0. The Balaban J connectivity index is 1.73. The number of benzene rings is 5. The Labute approximate surface area is 182 Å². The molecule has 0 atom stereocenters. The molecular formula is C31H22. The first-order valence-corrected chi connectivity index (χ1v) is 11.1. The third kappa shape index (κ3) is 2.15. The predicted octanol–water partition coefficient (Wildman–Crippen LogP) is 7.03. The normalized spacial score (nSPS) is 15.1. The van der Waals surface area contributed by atoms with E-state index in [9.17, 15) is 0 Å². The molecule has 0 radical (unpaired) electrons. The highest BCUT2D eigenvalue weighted by Gasteiger charge is 2.47. The van der Waals surface area contributed by atoms with Crippen LogP contribution in [0.1, 0.15) is 44.5 Å². The van der Waals surface area contributed by atoms with Crippen LogP contribution < -0.4 is 0 Å². The molecule has 31 heavy (non-hydrogen) atoms. The zero-order valence-electron chi connectivity index (χ0n) is 17.3. The van der Waals surface area contributed by atoms with Gasteiger partial charge in [-0.15, -0.1) is 0 Å². The third-order valence-corrected chi connectivity index (χ3v) is 7.46. The molecule has 5 aromatic carbocycles. The first-order valence-electron chi connectivity index (χ1n) is 11.1.